The maximum atomic E-state index is 6.46. The molecule has 3 nitrogen and oxygen atoms in total. The van der Waals surface area contributed by atoms with E-state index in [0.29, 0.717) is 10.0 Å². The van der Waals surface area contributed by atoms with E-state index < -0.39 is 5.54 Å². The van der Waals surface area contributed by atoms with Crippen molar-refractivity contribution in [3.8, 4) is 0 Å². The number of nitrogens with zero attached hydrogens (tertiary/aromatic N) is 3. The normalized spacial score (nSPS) is 11.8. The van der Waals surface area contributed by atoms with Gasteiger partial charge < -0.3 is 4.57 Å². The number of hydrogen-bond donors (Lipinski definition) is 0. The van der Waals surface area contributed by atoms with Gasteiger partial charge in [-0.2, -0.15) is 0 Å². The van der Waals surface area contributed by atoms with E-state index in [-0.39, 0.29) is 0 Å². The lowest BCUT2D eigenvalue weighted by atomic mass is 9.76. The molecule has 0 aliphatic rings. The molecule has 0 amide bonds. The first-order valence-electron chi connectivity index (χ1n) is 11.4. The predicted molar refractivity (Wildman–Crippen MR) is 138 cm³/mol. The number of benzene rings is 3. The van der Waals surface area contributed by atoms with Gasteiger partial charge in [-0.1, -0.05) is 103 Å². The smallest absolute Gasteiger partial charge is 0.0956 e. The Kier molecular flexibility index (Phi) is 7.87. The summed E-state index contributed by atoms with van der Waals surface area (Å²) < 4.78 is 2.14. The van der Waals surface area contributed by atoms with Crippen LogP contribution in [0, 0.1) is 0 Å². The predicted octanol–water partition coefficient (Wildman–Crippen LogP) is 7.44. The lowest BCUT2D eigenvalue weighted by Crippen LogP contribution is -2.49. The first-order chi connectivity index (χ1) is 16.1. The Labute approximate surface area is 206 Å². The van der Waals surface area contributed by atoms with Gasteiger partial charge in [0, 0.05) is 18.9 Å². The van der Waals surface area contributed by atoms with Gasteiger partial charge in [0.15, 0.2) is 0 Å². The molecule has 170 valence electrons. The monoisotopic (exact) mass is 477 g/mol. The van der Waals surface area contributed by atoms with Gasteiger partial charge in [0.1, 0.15) is 0 Å². The number of unbranched alkanes of at least 4 members (excludes halogenated alkanes) is 1. The molecule has 0 atom stereocenters. The number of hydrogen-bond acceptors (Lipinski definition) is 2. The average Bonchev–Trinajstić information content (AvgIpc) is 3.37. The molecule has 0 saturated carbocycles. The van der Waals surface area contributed by atoms with E-state index in [2.05, 4.69) is 88.1 Å². The van der Waals surface area contributed by atoms with E-state index in [9.17, 15) is 0 Å². The lowest BCUT2D eigenvalue weighted by molar-refractivity contribution is 0.0814. The fraction of sp³-hybridized carbons (Fsp3) is 0.250. The topological polar surface area (TPSA) is 21.1 Å². The highest BCUT2D eigenvalue weighted by atomic mass is 35.5. The maximum Gasteiger partial charge on any atom is 0.0956 e. The van der Waals surface area contributed by atoms with Crippen LogP contribution in [0.15, 0.2) is 97.6 Å². The van der Waals surface area contributed by atoms with Crippen LogP contribution in [0.25, 0.3) is 0 Å². The number of halogens is 2. The highest BCUT2D eigenvalue weighted by Crippen LogP contribution is 2.41. The molecule has 4 aromatic rings. The minimum absolute atomic E-state index is 0.404. The van der Waals surface area contributed by atoms with Crippen molar-refractivity contribution in [1.82, 2.24) is 14.5 Å². The van der Waals surface area contributed by atoms with Crippen molar-refractivity contribution in [2.24, 2.45) is 0 Å². The summed E-state index contributed by atoms with van der Waals surface area (Å²) in [7, 11) is 0. The molecule has 33 heavy (non-hydrogen) atoms. The van der Waals surface area contributed by atoms with Crippen molar-refractivity contribution < 1.29 is 0 Å². The second-order valence-electron chi connectivity index (χ2n) is 8.35. The molecule has 0 radical (unpaired) electrons. The van der Waals surface area contributed by atoms with E-state index in [0.717, 1.165) is 38.0 Å². The van der Waals surface area contributed by atoms with Crippen molar-refractivity contribution in [2.45, 2.75) is 38.4 Å². The minimum Gasteiger partial charge on any atom is -0.324 e. The third-order valence-electron chi connectivity index (χ3n) is 6.16. The largest absolute Gasteiger partial charge is 0.324 e. The molecule has 0 unspecified atom stereocenters. The zero-order valence-electron chi connectivity index (χ0n) is 18.9. The van der Waals surface area contributed by atoms with Crippen LogP contribution >= 0.6 is 23.2 Å². The van der Waals surface area contributed by atoms with E-state index in [1.165, 1.54) is 11.1 Å². The van der Waals surface area contributed by atoms with Gasteiger partial charge in [0.25, 0.3) is 0 Å². The van der Waals surface area contributed by atoms with Gasteiger partial charge in [0.05, 0.1) is 28.6 Å². The van der Waals surface area contributed by atoms with Crippen molar-refractivity contribution in [2.75, 3.05) is 6.54 Å². The fourth-order valence-corrected chi connectivity index (χ4v) is 4.84. The molecule has 3 aromatic carbocycles. The Morgan fingerprint density at radius 1 is 0.879 bits per heavy atom. The molecule has 0 N–H and O–H groups in total. The quantitative estimate of drug-likeness (QED) is 0.236. The summed E-state index contributed by atoms with van der Waals surface area (Å²) in [5.41, 5.74) is 3.24. The van der Waals surface area contributed by atoms with Gasteiger partial charge in [-0.05, 0) is 41.7 Å². The summed E-state index contributed by atoms with van der Waals surface area (Å²) in [6, 6.07) is 27.6. The van der Waals surface area contributed by atoms with Crippen LogP contribution < -0.4 is 0 Å². The van der Waals surface area contributed by atoms with Crippen LogP contribution in [0.2, 0.25) is 10.0 Å². The Morgan fingerprint density at radius 3 is 2.09 bits per heavy atom. The molecule has 0 fully saturated rings. The molecule has 4 rings (SSSR count). The maximum absolute atomic E-state index is 6.46. The van der Waals surface area contributed by atoms with Gasteiger partial charge in [-0.15, -0.1) is 0 Å². The molecule has 0 spiro atoms. The van der Waals surface area contributed by atoms with Gasteiger partial charge in [0.2, 0.25) is 0 Å². The van der Waals surface area contributed by atoms with E-state index >= 15 is 0 Å². The summed E-state index contributed by atoms with van der Waals surface area (Å²) >= 11 is 12.7. The number of aromatic nitrogens is 2. The summed E-state index contributed by atoms with van der Waals surface area (Å²) in [5, 5.41) is 1.16. The molecular weight excluding hydrogens is 449 g/mol. The van der Waals surface area contributed by atoms with Crippen LogP contribution in [-0.2, 0) is 18.6 Å². The summed E-state index contributed by atoms with van der Waals surface area (Å²) in [6.45, 7) is 3.91. The zero-order valence-corrected chi connectivity index (χ0v) is 20.4. The second-order valence-corrected chi connectivity index (χ2v) is 9.17. The Bertz CT molecular complexity index is 1090. The summed E-state index contributed by atoms with van der Waals surface area (Å²) in [5.74, 6) is 0. The molecule has 0 aliphatic heterocycles. The van der Waals surface area contributed by atoms with Crippen LogP contribution in [0.1, 0.15) is 36.5 Å². The van der Waals surface area contributed by atoms with Crippen molar-refractivity contribution in [3.05, 3.63) is 124 Å². The molecule has 0 saturated heterocycles. The fourth-order valence-electron chi connectivity index (χ4n) is 4.52. The second kappa shape index (κ2) is 11.0. The Morgan fingerprint density at radius 2 is 1.55 bits per heavy atom. The molecular formula is C28H29Cl2N3. The van der Waals surface area contributed by atoms with Crippen molar-refractivity contribution >= 4 is 23.2 Å². The Hall–Kier alpha value is -2.59. The molecule has 0 bridgehead atoms. The highest BCUT2D eigenvalue weighted by molar-refractivity contribution is 6.42. The highest BCUT2D eigenvalue weighted by Gasteiger charge is 2.40. The Balaban J connectivity index is 1.93. The average molecular weight is 478 g/mol. The summed E-state index contributed by atoms with van der Waals surface area (Å²) in [4.78, 5) is 6.87. The first kappa shape index (κ1) is 23.6. The third kappa shape index (κ3) is 5.33. The SMILES string of the molecule is CCCCN(Cn1ccnc1)C(Cc1ccc(Cl)c(Cl)c1)(c1ccccc1)c1ccccc1. The van der Waals surface area contributed by atoms with Gasteiger partial charge >= 0.3 is 0 Å². The number of rotatable bonds is 10. The molecule has 0 aliphatic carbocycles. The zero-order chi connectivity index (χ0) is 23.1. The van der Waals surface area contributed by atoms with Gasteiger partial charge in [-0.3, -0.25) is 4.90 Å². The van der Waals surface area contributed by atoms with E-state index in [1.54, 1.807) is 0 Å². The van der Waals surface area contributed by atoms with E-state index in [1.807, 2.05) is 30.9 Å². The standard InChI is InChI=1S/C28H29Cl2N3/c1-2-3-17-33(22-32-18-16-31-21-32)28(24-10-6-4-7-11-24,25-12-8-5-9-13-25)20-23-14-15-26(29)27(30)19-23/h4-16,18-19,21H,2-3,17,20,22H2,1H3. The van der Waals surface area contributed by atoms with Crippen LogP contribution in [0.5, 0.6) is 0 Å². The first-order valence-corrected chi connectivity index (χ1v) is 12.1. The van der Waals surface area contributed by atoms with Crippen molar-refractivity contribution in [3.63, 3.8) is 0 Å². The third-order valence-corrected chi connectivity index (χ3v) is 6.90. The van der Waals surface area contributed by atoms with Crippen molar-refractivity contribution in [1.29, 1.82) is 0 Å². The molecule has 1 aromatic heterocycles. The summed E-state index contributed by atoms with van der Waals surface area (Å²) in [6.07, 6.45) is 8.72. The van der Waals surface area contributed by atoms with Crippen LogP contribution in [0.4, 0.5) is 0 Å². The van der Waals surface area contributed by atoms with Gasteiger partial charge in [-0.25, -0.2) is 4.98 Å². The van der Waals surface area contributed by atoms with Crippen LogP contribution in [-0.4, -0.2) is 21.0 Å². The van der Waals surface area contributed by atoms with E-state index in [4.69, 9.17) is 23.2 Å². The minimum atomic E-state index is -0.404. The van der Waals surface area contributed by atoms with Crippen LogP contribution in [0.3, 0.4) is 0 Å². The molecule has 1 heterocycles. The number of imidazole rings is 1. The molecule has 5 heteroatoms. The lowest BCUT2D eigenvalue weighted by Gasteiger charge is -2.45.